The van der Waals surface area contributed by atoms with Crippen molar-refractivity contribution in [2.24, 2.45) is 5.84 Å². The van der Waals surface area contributed by atoms with Crippen LogP contribution in [0.5, 0.6) is 0 Å². The van der Waals surface area contributed by atoms with E-state index in [0.717, 1.165) is 6.42 Å². The van der Waals surface area contributed by atoms with Crippen LogP contribution in [0.2, 0.25) is 0 Å². The van der Waals surface area contributed by atoms with Crippen LogP contribution in [-0.4, -0.2) is 6.04 Å². The molecule has 3 rings (SSSR count). The summed E-state index contributed by atoms with van der Waals surface area (Å²) in [5, 5.41) is 4.34. The molecule has 0 saturated heterocycles. The molecule has 2 atom stereocenters. The summed E-state index contributed by atoms with van der Waals surface area (Å²) in [5.41, 5.74) is 7.39. The summed E-state index contributed by atoms with van der Waals surface area (Å²) < 4.78 is 0. The second-order valence-corrected chi connectivity index (χ2v) is 5.73. The van der Waals surface area contributed by atoms with Crippen LogP contribution >= 0.6 is 11.3 Å². The molecule has 0 spiro atoms. The summed E-state index contributed by atoms with van der Waals surface area (Å²) >= 11 is 1.75. The molecule has 18 heavy (non-hydrogen) atoms. The van der Waals surface area contributed by atoms with Gasteiger partial charge in [0.15, 0.2) is 0 Å². The van der Waals surface area contributed by atoms with E-state index in [9.17, 15) is 0 Å². The molecule has 2 unspecified atom stereocenters. The van der Waals surface area contributed by atoms with Crippen LogP contribution in [0.3, 0.4) is 0 Å². The van der Waals surface area contributed by atoms with Crippen molar-refractivity contribution in [2.75, 3.05) is 0 Å². The van der Waals surface area contributed by atoms with Crippen LogP contribution in [0.1, 0.15) is 29.0 Å². The maximum absolute atomic E-state index is 5.78. The molecule has 0 radical (unpaired) electrons. The molecular weight excluding hydrogens is 240 g/mol. The fourth-order valence-electron chi connectivity index (χ4n) is 2.99. The Labute approximate surface area is 112 Å². The molecule has 94 valence electrons. The lowest BCUT2D eigenvalue weighted by atomic mass is 9.90. The number of hydrazine groups is 1. The summed E-state index contributed by atoms with van der Waals surface area (Å²) in [6.07, 6.45) is 3.40. The molecule has 1 aliphatic carbocycles. The maximum Gasteiger partial charge on any atom is 0.0320 e. The third-order valence-electron chi connectivity index (χ3n) is 3.91. The lowest BCUT2D eigenvalue weighted by Gasteiger charge is -2.23. The Hall–Kier alpha value is -1.16. The molecule has 3 heteroatoms. The minimum atomic E-state index is 0.336. The Morgan fingerprint density at radius 3 is 3.00 bits per heavy atom. The van der Waals surface area contributed by atoms with Crippen molar-refractivity contribution < 1.29 is 0 Å². The van der Waals surface area contributed by atoms with Gasteiger partial charge >= 0.3 is 0 Å². The maximum atomic E-state index is 5.78. The van der Waals surface area contributed by atoms with Crippen molar-refractivity contribution in [1.82, 2.24) is 5.43 Å². The van der Waals surface area contributed by atoms with Crippen molar-refractivity contribution in [3.63, 3.8) is 0 Å². The molecule has 2 aromatic rings. The molecule has 1 aromatic carbocycles. The van der Waals surface area contributed by atoms with Gasteiger partial charge in [0.1, 0.15) is 0 Å². The Balaban J connectivity index is 1.81. The molecule has 0 fully saturated rings. The second-order valence-electron chi connectivity index (χ2n) is 4.95. The molecule has 1 heterocycles. The number of fused-ring (bicyclic) bond motifs is 1. The minimum Gasteiger partial charge on any atom is -0.271 e. The number of rotatable bonds is 4. The molecule has 3 N–H and O–H groups in total. The van der Waals surface area contributed by atoms with Gasteiger partial charge in [0.2, 0.25) is 0 Å². The van der Waals surface area contributed by atoms with E-state index in [1.54, 1.807) is 11.3 Å². The Kier molecular flexibility index (Phi) is 3.46. The minimum absolute atomic E-state index is 0.336. The molecule has 1 aliphatic rings. The third-order valence-corrected chi connectivity index (χ3v) is 4.65. The van der Waals surface area contributed by atoms with E-state index in [4.69, 9.17) is 5.84 Å². The SMILES string of the molecule is NNC(Cc1ccsc1)C1CCc2ccccc21. The molecular formula is C15H18N2S. The average molecular weight is 258 g/mol. The van der Waals surface area contributed by atoms with E-state index in [1.807, 2.05) is 0 Å². The van der Waals surface area contributed by atoms with Gasteiger partial charge in [-0.15, -0.1) is 0 Å². The van der Waals surface area contributed by atoms with Crippen LogP contribution in [-0.2, 0) is 12.8 Å². The van der Waals surface area contributed by atoms with E-state index in [0.29, 0.717) is 12.0 Å². The van der Waals surface area contributed by atoms with E-state index < -0.39 is 0 Å². The zero-order valence-corrected chi connectivity index (χ0v) is 11.1. The first-order chi connectivity index (χ1) is 8.88. The molecule has 0 saturated carbocycles. The highest BCUT2D eigenvalue weighted by Gasteiger charge is 2.28. The van der Waals surface area contributed by atoms with Crippen molar-refractivity contribution >= 4 is 11.3 Å². The Bertz CT molecular complexity index is 507. The van der Waals surface area contributed by atoms with Gasteiger partial charge < -0.3 is 0 Å². The van der Waals surface area contributed by atoms with E-state index in [-0.39, 0.29) is 0 Å². The highest BCUT2D eigenvalue weighted by molar-refractivity contribution is 7.07. The van der Waals surface area contributed by atoms with Crippen LogP contribution < -0.4 is 11.3 Å². The van der Waals surface area contributed by atoms with Gasteiger partial charge in [-0.2, -0.15) is 11.3 Å². The van der Waals surface area contributed by atoms with Gasteiger partial charge in [-0.05, 0) is 52.8 Å². The number of hydrogen-bond donors (Lipinski definition) is 2. The average Bonchev–Trinajstić information content (AvgIpc) is 3.05. The van der Waals surface area contributed by atoms with Crippen molar-refractivity contribution in [3.05, 3.63) is 57.8 Å². The Morgan fingerprint density at radius 1 is 1.33 bits per heavy atom. The number of nitrogens with two attached hydrogens (primary N) is 1. The molecule has 1 aromatic heterocycles. The smallest absolute Gasteiger partial charge is 0.0320 e. The number of benzene rings is 1. The van der Waals surface area contributed by atoms with Crippen LogP contribution in [0.4, 0.5) is 0 Å². The highest BCUT2D eigenvalue weighted by atomic mass is 32.1. The van der Waals surface area contributed by atoms with Crippen LogP contribution in [0.15, 0.2) is 41.1 Å². The number of thiophene rings is 1. The molecule has 0 amide bonds. The topological polar surface area (TPSA) is 38.0 Å². The normalized spacial score (nSPS) is 19.7. The molecule has 0 bridgehead atoms. The lowest BCUT2D eigenvalue weighted by molar-refractivity contribution is 0.435. The zero-order valence-electron chi connectivity index (χ0n) is 10.3. The summed E-state index contributed by atoms with van der Waals surface area (Å²) in [4.78, 5) is 0. The predicted molar refractivity (Wildman–Crippen MR) is 76.6 cm³/mol. The summed E-state index contributed by atoms with van der Waals surface area (Å²) in [6.45, 7) is 0. The quantitative estimate of drug-likeness (QED) is 0.654. The Morgan fingerprint density at radius 2 is 2.22 bits per heavy atom. The van der Waals surface area contributed by atoms with Crippen LogP contribution in [0, 0.1) is 0 Å². The first-order valence-electron chi connectivity index (χ1n) is 6.43. The van der Waals surface area contributed by atoms with E-state index in [2.05, 4.69) is 46.5 Å². The number of nitrogens with one attached hydrogen (secondary N) is 1. The summed E-state index contributed by atoms with van der Waals surface area (Å²) in [6, 6.07) is 11.3. The molecule has 2 nitrogen and oxygen atoms in total. The highest BCUT2D eigenvalue weighted by Crippen LogP contribution is 2.36. The monoisotopic (exact) mass is 258 g/mol. The van der Waals surface area contributed by atoms with E-state index in [1.165, 1.54) is 29.5 Å². The third kappa shape index (κ3) is 2.21. The van der Waals surface area contributed by atoms with E-state index >= 15 is 0 Å². The zero-order chi connectivity index (χ0) is 12.4. The number of hydrogen-bond acceptors (Lipinski definition) is 3. The van der Waals surface area contributed by atoms with Gasteiger partial charge in [-0.3, -0.25) is 11.3 Å². The van der Waals surface area contributed by atoms with Gasteiger partial charge in [0.05, 0.1) is 0 Å². The van der Waals surface area contributed by atoms with Gasteiger partial charge in [-0.1, -0.05) is 24.3 Å². The standard InChI is InChI=1S/C15H18N2S/c16-17-15(9-11-7-8-18-10-11)14-6-5-12-3-1-2-4-13(12)14/h1-4,7-8,10,14-15,17H,5-6,9,16H2. The summed E-state index contributed by atoms with van der Waals surface area (Å²) in [7, 11) is 0. The fraction of sp³-hybridized carbons (Fsp3) is 0.333. The first-order valence-corrected chi connectivity index (χ1v) is 7.38. The first kappa shape index (κ1) is 11.9. The predicted octanol–water partition coefficient (Wildman–Crippen LogP) is 2.85. The largest absolute Gasteiger partial charge is 0.271 e. The summed E-state index contributed by atoms with van der Waals surface area (Å²) in [5.74, 6) is 6.33. The molecule has 0 aliphatic heterocycles. The fourth-order valence-corrected chi connectivity index (χ4v) is 3.67. The van der Waals surface area contributed by atoms with Gasteiger partial charge in [0.25, 0.3) is 0 Å². The van der Waals surface area contributed by atoms with Crippen molar-refractivity contribution in [2.45, 2.75) is 31.2 Å². The van der Waals surface area contributed by atoms with Crippen molar-refractivity contribution in [3.8, 4) is 0 Å². The van der Waals surface area contributed by atoms with Crippen molar-refractivity contribution in [1.29, 1.82) is 0 Å². The van der Waals surface area contributed by atoms with Gasteiger partial charge in [0, 0.05) is 12.0 Å². The van der Waals surface area contributed by atoms with Gasteiger partial charge in [-0.25, -0.2) is 0 Å². The number of aryl methyl sites for hydroxylation is 1. The lowest BCUT2D eigenvalue weighted by Crippen LogP contribution is -2.40. The second kappa shape index (κ2) is 5.22. The van der Waals surface area contributed by atoms with Crippen LogP contribution in [0.25, 0.3) is 0 Å².